The van der Waals surface area contributed by atoms with Crippen LogP contribution < -0.4 is 0 Å². The number of hydrogen-bond donors (Lipinski definition) is 0. The average Bonchev–Trinajstić information content (AvgIpc) is 3.25. The van der Waals surface area contributed by atoms with Crippen LogP contribution in [0.15, 0.2) is 0 Å². The Morgan fingerprint density at radius 3 is 2.39 bits per heavy atom. The van der Waals surface area contributed by atoms with Crippen molar-refractivity contribution >= 4 is 5.97 Å². The molecule has 0 bridgehead atoms. The molecule has 4 saturated carbocycles. The Hall–Kier alpha value is -0.650. The molecule has 4 aliphatic carbocycles. The number of hydrogen-bond acceptors (Lipinski definition) is 5. The molecule has 11 atom stereocenters. The highest BCUT2D eigenvalue weighted by Gasteiger charge is 2.60. The van der Waals surface area contributed by atoms with Crippen molar-refractivity contribution in [3.63, 3.8) is 0 Å². The van der Waals surface area contributed by atoms with Crippen LogP contribution in [0.2, 0.25) is 0 Å². The van der Waals surface area contributed by atoms with Crippen LogP contribution in [-0.4, -0.2) is 31.6 Å². The van der Waals surface area contributed by atoms with Gasteiger partial charge in [-0.3, -0.25) is 4.79 Å². The van der Waals surface area contributed by atoms with Crippen molar-refractivity contribution in [1.82, 2.24) is 0 Å². The minimum Gasteiger partial charge on any atom is -0.462 e. The SMILES string of the molecule is CCOC(C)OOCCCC(C)C1CCC2C3CCC4CC(OC(=O)C(C)CC)CCC4(C)C3CCC12C. The van der Waals surface area contributed by atoms with Crippen LogP contribution >= 0.6 is 0 Å². The van der Waals surface area contributed by atoms with E-state index in [9.17, 15) is 4.79 Å². The molecule has 0 aromatic heterocycles. The van der Waals surface area contributed by atoms with Gasteiger partial charge in [-0.1, -0.05) is 34.6 Å². The summed E-state index contributed by atoms with van der Waals surface area (Å²) in [6.45, 7) is 17.0. The summed E-state index contributed by atoms with van der Waals surface area (Å²) in [4.78, 5) is 23.2. The predicted octanol–water partition coefficient (Wildman–Crippen LogP) is 8.35. The molecule has 0 aromatic carbocycles. The first-order chi connectivity index (χ1) is 18.1. The minimum atomic E-state index is -0.297. The predicted molar refractivity (Wildman–Crippen MR) is 151 cm³/mol. The van der Waals surface area contributed by atoms with Crippen LogP contribution in [-0.2, 0) is 24.0 Å². The highest BCUT2D eigenvalue weighted by Crippen LogP contribution is 2.68. The van der Waals surface area contributed by atoms with Crippen molar-refractivity contribution in [3.05, 3.63) is 0 Å². The Bertz CT molecular complexity index is 770. The average molecular weight is 535 g/mol. The third-order valence-corrected chi connectivity index (χ3v) is 12.2. The molecule has 4 aliphatic rings. The van der Waals surface area contributed by atoms with E-state index >= 15 is 0 Å². The fourth-order valence-corrected chi connectivity index (χ4v) is 9.82. The topological polar surface area (TPSA) is 54.0 Å². The number of esters is 1. The lowest BCUT2D eigenvalue weighted by atomic mass is 9.44. The first-order valence-corrected chi connectivity index (χ1v) is 16.2. The van der Waals surface area contributed by atoms with E-state index in [1.807, 2.05) is 20.8 Å². The van der Waals surface area contributed by atoms with Crippen molar-refractivity contribution < 1.29 is 24.0 Å². The maximum absolute atomic E-state index is 12.5. The van der Waals surface area contributed by atoms with E-state index in [0.29, 0.717) is 24.0 Å². The summed E-state index contributed by atoms with van der Waals surface area (Å²) >= 11 is 0. The van der Waals surface area contributed by atoms with Crippen LogP contribution in [0.1, 0.15) is 126 Å². The number of fused-ring (bicyclic) bond motifs is 5. The van der Waals surface area contributed by atoms with Gasteiger partial charge in [0.25, 0.3) is 0 Å². The van der Waals surface area contributed by atoms with E-state index in [-0.39, 0.29) is 24.3 Å². The van der Waals surface area contributed by atoms with Gasteiger partial charge in [0.1, 0.15) is 6.10 Å². The van der Waals surface area contributed by atoms with Crippen LogP contribution in [0.5, 0.6) is 0 Å². The number of rotatable bonds is 12. The Morgan fingerprint density at radius 2 is 1.66 bits per heavy atom. The molecular weight excluding hydrogens is 476 g/mol. The molecule has 5 heteroatoms. The summed E-state index contributed by atoms with van der Waals surface area (Å²) in [5, 5.41) is 0. The third-order valence-electron chi connectivity index (χ3n) is 12.2. The quantitative estimate of drug-likeness (QED) is 0.0828. The second kappa shape index (κ2) is 12.9. The van der Waals surface area contributed by atoms with E-state index in [2.05, 4.69) is 27.7 Å². The van der Waals surface area contributed by atoms with Gasteiger partial charge in [0.2, 0.25) is 0 Å². The zero-order chi connectivity index (χ0) is 27.5. The molecule has 0 aliphatic heterocycles. The van der Waals surface area contributed by atoms with Crippen LogP contribution in [0, 0.1) is 52.3 Å². The summed E-state index contributed by atoms with van der Waals surface area (Å²) in [6, 6.07) is 0. The Kier molecular flexibility index (Phi) is 10.3. The maximum Gasteiger partial charge on any atom is 0.308 e. The lowest BCUT2D eigenvalue weighted by molar-refractivity contribution is -0.373. The second-order valence-corrected chi connectivity index (χ2v) is 14.1. The number of carbonyl (C=O) groups excluding carboxylic acids is 1. The Morgan fingerprint density at radius 1 is 0.921 bits per heavy atom. The molecule has 0 radical (unpaired) electrons. The lowest BCUT2D eigenvalue weighted by Crippen LogP contribution is -2.54. The van der Waals surface area contributed by atoms with Gasteiger partial charge >= 0.3 is 5.97 Å². The monoisotopic (exact) mass is 534 g/mol. The molecule has 0 spiro atoms. The van der Waals surface area contributed by atoms with Gasteiger partial charge < -0.3 is 9.47 Å². The molecule has 0 saturated heterocycles. The van der Waals surface area contributed by atoms with Crippen molar-refractivity contribution in [2.24, 2.45) is 52.3 Å². The molecule has 11 unspecified atom stereocenters. The number of carbonyl (C=O) groups is 1. The highest BCUT2D eigenvalue weighted by atomic mass is 17.2. The fraction of sp³-hybridized carbons (Fsp3) is 0.970. The van der Waals surface area contributed by atoms with E-state index in [1.165, 1.54) is 51.4 Å². The summed E-state index contributed by atoms with van der Waals surface area (Å²) in [6.07, 6.45) is 14.7. The largest absolute Gasteiger partial charge is 0.462 e. The van der Waals surface area contributed by atoms with E-state index in [1.54, 1.807) is 0 Å². The van der Waals surface area contributed by atoms with Crippen molar-refractivity contribution in [2.45, 2.75) is 138 Å². The van der Waals surface area contributed by atoms with Crippen molar-refractivity contribution in [3.8, 4) is 0 Å². The Balaban J connectivity index is 1.31. The molecule has 0 amide bonds. The van der Waals surface area contributed by atoms with Crippen molar-refractivity contribution in [2.75, 3.05) is 13.2 Å². The van der Waals surface area contributed by atoms with E-state index in [0.717, 1.165) is 61.2 Å². The molecule has 4 fully saturated rings. The lowest BCUT2D eigenvalue weighted by Gasteiger charge is -2.61. The van der Waals surface area contributed by atoms with Crippen LogP contribution in [0.3, 0.4) is 0 Å². The van der Waals surface area contributed by atoms with Gasteiger partial charge in [0.15, 0.2) is 6.29 Å². The molecule has 38 heavy (non-hydrogen) atoms. The van der Waals surface area contributed by atoms with Gasteiger partial charge in [-0.15, -0.1) is 0 Å². The minimum absolute atomic E-state index is 0.0218. The van der Waals surface area contributed by atoms with E-state index < -0.39 is 0 Å². The van der Waals surface area contributed by atoms with Gasteiger partial charge in [-0.2, -0.15) is 0 Å². The standard InChI is InChI=1S/C33H58O5/c1-8-22(3)31(34)37-26-16-18-32(6)25(21-26)12-13-27-29-15-14-28(33(29,7)19-17-30(27)32)23(4)11-10-20-36-38-24(5)35-9-2/h22-30H,8-21H2,1-7H3. The molecular formula is C33H58O5. The smallest absolute Gasteiger partial charge is 0.308 e. The van der Waals surface area contributed by atoms with Gasteiger partial charge in [-0.25, -0.2) is 9.78 Å². The molecule has 4 rings (SSSR count). The third kappa shape index (κ3) is 6.15. The summed E-state index contributed by atoms with van der Waals surface area (Å²) < 4.78 is 11.4. The summed E-state index contributed by atoms with van der Waals surface area (Å²) in [5.74, 6) is 4.97. The van der Waals surface area contributed by atoms with Crippen LogP contribution in [0.4, 0.5) is 0 Å². The van der Waals surface area contributed by atoms with Crippen LogP contribution in [0.25, 0.3) is 0 Å². The van der Waals surface area contributed by atoms with E-state index in [4.69, 9.17) is 19.2 Å². The molecule has 220 valence electrons. The molecule has 0 aromatic rings. The zero-order valence-electron chi connectivity index (χ0n) is 25.6. The highest BCUT2D eigenvalue weighted by molar-refractivity contribution is 5.72. The van der Waals surface area contributed by atoms with Gasteiger partial charge in [0, 0.05) is 6.61 Å². The maximum atomic E-state index is 12.5. The molecule has 5 nitrogen and oxygen atoms in total. The molecule has 0 heterocycles. The number of ether oxygens (including phenoxy) is 2. The summed E-state index contributed by atoms with van der Waals surface area (Å²) in [7, 11) is 0. The fourth-order valence-electron chi connectivity index (χ4n) is 9.82. The summed E-state index contributed by atoms with van der Waals surface area (Å²) in [5.41, 5.74) is 0.927. The zero-order valence-corrected chi connectivity index (χ0v) is 25.6. The first kappa shape index (κ1) is 30.3. The second-order valence-electron chi connectivity index (χ2n) is 14.1. The Labute approximate surface area is 233 Å². The van der Waals surface area contributed by atoms with Crippen molar-refractivity contribution in [1.29, 1.82) is 0 Å². The normalized spacial score (nSPS) is 40.9. The molecule has 0 N–H and O–H groups in total. The first-order valence-electron chi connectivity index (χ1n) is 16.2. The van der Waals surface area contributed by atoms with Gasteiger partial charge in [-0.05, 0) is 137 Å². The van der Waals surface area contributed by atoms with Gasteiger partial charge in [0.05, 0.1) is 12.5 Å².